The fraction of sp³-hybridized carbons (Fsp3) is 0.182. The molecule has 2 rings (SSSR count). The number of amides is 1. The molecule has 0 fully saturated rings. The number of aryl methyl sites for hydroxylation is 1. The number of rotatable bonds is 4. The molecule has 88 valence electrons. The summed E-state index contributed by atoms with van der Waals surface area (Å²) in [5.74, 6) is 0.593. The molecule has 0 aliphatic rings. The molecule has 1 heterocycles. The summed E-state index contributed by atoms with van der Waals surface area (Å²) in [6, 6.07) is 5.47. The van der Waals surface area contributed by atoms with Crippen LogP contribution in [0.15, 0.2) is 24.4 Å². The first-order chi connectivity index (χ1) is 8.26. The number of hydrogen-bond acceptors (Lipinski definition) is 4. The Kier molecular flexibility index (Phi) is 3.04. The van der Waals surface area contributed by atoms with Gasteiger partial charge in [-0.1, -0.05) is 11.3 Å². The third-order valence-corrected chi connectivity index (χ3v) is 2.43. The molecule has 6 heteroatoms. The lowest BCUT2D eigenvalue weighted by atomic mass is 10.1. The van der Waals surface area contributed by atoms with Crippen molar-refractivity contribution in [3.8, 4) is 17.0 Å². The Morgan fingerprint density at radius 3 is 2.88 bits per heavy atom. The summed E-state index contributed by atoms with van der Waals surface area (Å²) >= 11 is 0. The maximum atomic E-state index is 10.4. The van der Waals surface area contributed by atoms with Gasteiger partial charge in [0.05, 0.1) is 24.7 Å². The van der Waals surface area contributed by atoms with Crippen LogP contribution in [0, 0.1) is 0 Å². The molecule has 0 spiro atoms. The molecule has 6 nitrogen and oxygen atoms in total. The molecule has 0 aliphatic carbocycles. The highest BCUT2D eigenvalue weighted by Crippen LogP contribution is 2.29. The summed E-state index contributed by atoms with van der Waals surface area (Å²) in [5, 5.41) is 10.2. The molecule has 1 aromatic heterocycles. The van der Waals surface area contributed by atoms with Gasteiger partial charge in [-0.3, -0.25) is 4.79 Å². The number of benzene rings is 1. The van der Waals surface area contributed by atoms with Crippen molar-refractivity contribution in [3.63, 3.8) is 0 Å². The third kappa shape index (κ3) is 2.10. The van der Waals surface area contributed by atoms with Crippen LogP contribution < -0.4 is 10.1 Å². The lowest BCUT2D eigenvalue weighted by Gasteiger charge is -2.09. The minimum Gasteiger partial charge on any atom is -0.495 e. The first-order valence-corrected chi connectivity index (χ1v) is 4.99. The second-order valence-corrected chi connectivity index (χ2v) is 3.42. The van der Waals surface area contributed by atoms with E-state index in [1.807, 2.05) is 19.2 Å². The van der Waals surface area contributed by atoms with Gasteiger partial charge in [0.25, 0.3) is 0 Å². The Balaban J connectivity index is 2.44. The van der Waals surface area contributed by atoms with Gasteiger partial charge in [0.2, 0.25) is 6.41 Å². The fourth-order valence-corrected chi connectivity index (χ4v) is 1.58. The van der Waals surface area contributed by atoms with Gasteiger partial charge in [-0.05, 0) is 12.1 Å². The monoisotopic (exact) mass is 232 g/mol. The zero-order valence-corrected chi connectivity index (χ0v) is 9.54. The quantitative estimate of drug-likeness (QED) is 0.800. The van der Waals surface area contributed by atoms with Crippen molar-refractivity contribution in [1.82, 2.24) is 15.0 Å². The molecule has 0 saturated carbocycles. The zero-order chi connectivity index (χ0) is 12.3. The van der Waals surface area contributed by atoms with Crippen molar-refractivity contribution in [2.75, 3.05) is 12.4 Å². The Bertz CT molecular complexity index is 536. The average molecular weight is 232 g/mol. The van der Waals surface area contributed by atoms with Gasteiger partial charge < -0.3 is 10.1 Å². The van der Waals surface area contributed by atoms with E-state index in [1.54, 1.807) is 24.1 Å². The molecule has 0 radical (unpaired) electrons. The Morgan fingerprint density at radius 1 is 1.47 bits per heavy atom. The minimum atomic E-state index is 0.593. The highest BCUT2D eigenvalue weighted by Gasteiger charge is 2.08. The minimum absolute atomic E-state index is 0.593. The fourth-order valence-electron chi connectivity index (χ4n) is 1.58. The van der Waals surface area contributed by atoms with Crippen LogP contribution in [0.4, 0.5) is 5.69 Å². The molecule has 0 saturated heterocycles. The summed E-state index contributed by atoms with van der Waals surface area (Å²) in [5.41, 5.74) is 2.42. The highest BCUT2D eigenvalue weighted by molar-refractivity contribution is 5.78. The molecular formula is C11H12N4O2. The number of ether oxygens (including phenoxy) is 1. The maximum Gasteiger partial charge on any atom is 0.211 e. The van der Waals surface area contributed by atoms with E-state index in [4.69, 9.17) is 4.74 Å². The van der Waals surface area contributed by atoms with Crippen LogP contribution in [0.25, 0.3) is 11.3 Å². The summed E-state index contributed by atoms with van der Waals surface area (Å²) in [4.78, 5) is 10.4. The number of carbonyl (C=O) groups is 1. The molecule has 1 N–H and O–H groups in total. The summed E-state index contributed by atoms with van der Waals surface area (Å²) < 4.78 is 6.87. The Labute approximate surface area is 98.2 Å². The van der Waals surface area contributed by atoms with Crippen LogP contribution in [0.3, 0.4) is 0 Å². The second-order valence-electron chi connectivity index (χ2n) is 3.42. The standard InChI is InChI=1S/C11H12N4O2/c1-15-10(6-13-14-15)8-3-4-9(12-7-16)11(5-8)17-2/h3-7H,1-2H3,(H,12,16). The van der Waals surface area contributed by atoms with Crippen LogP contribution in [-0.2, 0) is 11.8 Å². The predicted octanol–water partition coefficient (Wildman–Crippen LogP) is 1.06. The molecule has 1 amide bonds. The van der Waals surface area contributed by atoms with E-state index in [2.05, 4.69) is 15.6 Å². The highest BCUT2D eigenvalue weighted by atomic mass is 16.5. The molecule has 1 aromatic carbocycles. The van der Waals surface area contributed by atoms with Gasteiger partial charge in [0.15, 0.2) is 0 Å². The number of methoxy groups -OCH3 is 1. The first kappa shape index (κ1) is 11.1. The molecule has 17 heavy (non-hydrogen) atoms. The van der Waals surface area contributed by atoms with E-state index in [1.165, 1.54) is 0 Å². The van der Waals surface area contributed by atoms with E-state index in [0.29, 0.717) is 17.8 Å². The van der Waals surface area contributed by atoms with Crippen molar-refractivity contribution >= 4 is 12.1 Å². The summed E-state index contributed by atoms with van der Waals surface area (Å²) in [7, 11) is 3.36. The average Bonchev–Trinajstić information content (AvgIpc) is 2.76. The topological polar surface area (TPSA) is 69.0 Å². The van der Waals surface area contributed by atoms with Crippen LogP contribution in [0.2, 0.25) is 0 Å². The lowest BCUT2D eigenvalue weighted by molar-refractivity contribution is -0.105. The Hall–Kier alpha value is -2.37. The van der Waals surface area contributed by atoms with Gasteiger partial charge in [-0.15, -0.1) is 5.10 Å². The number of hydrogen-bond donors (Lipinski definition) is 1. The van der Waals surface area contributed by atoms with Crippen LogP contribution in [-0.4, -0.2) is 28.5 Å². The first-order valence-electron chi connectivity index (χ1n) is 4.99. The van der Waals surface area contributed by atoms with Gasteiger partial charge in [-0.25, -0.2) is 4.68 Å². The molecule has 0 aliphatic heterocycles. The van der Waals surface area contributed by atoms with Gasteiger partial charge in [-0.2, -0.15) is 0 Å². The number of anilines is 1. The molecule has 0 unspecified atom stereocenters. The summed E-state index contributed by atoms with van der Waals surface area (Å²) in [6.07, 6.45) is 2.28. The van der Waals surface area contributed by atoms with Gasteiger partial charge in [0, 0.05) is 12.6 Å². The van der Waals surface area contributed by atoms with Crippen molar-refractivity contribution in [2.24, 2.45) is 7.05 Å². The smallest absolute Gasteiger partial charge is 0.211 e. The molecule has 0 atom stereocenters. The van der Waals surface area contributed by atoms with Gasteiger partial charge in [0.1, 0.15) is 5.75 Å². The maximum absolute atomic E-state index is 10.4. The van der Waals surface area contributed by atoms with Crippen LogP contribution in [0.5, 0.6) is 5.75 Å². The zero-order valence-electron chi connectivity index (χ0n) is 9.54. The van der Waals surface area contributed by atoms with Gasteiger partial charge >= 0.3 is 0 Å². The van der Waals surface area contributed by atoms with Crippen molar-refractivity contribution in [1.29, 1.82) is 0 Å². The second kappa shape index (κ2) is 4.65. The van der Waals surface area contributed by atoms with Crippen LogP contribution in [0.1, 0.15) is 0 Å². The van der Waals surface area contributed by atoms with E-state index in [0.717, 1.165) is 11.3 Å². The molecule has 0 bridgehead atoms. The number of aromatic nitrogens is 3. The molecule has 2 aromatic rings. The molecular weight excluding hydrogens is 220 g/mol. The van der Waals surface area contributed by atoms with Crippen molar-refractivity contribution in [3.05, 3.63) is 24.4 Å². The SMILES string of the molecule is COc1cc(-c2cnnn2C)ccc1NC=O. The summed E-state index contributed by atoms with van der Waals surface area (Å²) in [6.45, 7) is 0. The number of nitrogens with one attached hydrogen (secondary N) is 1. The van der Waals surface area contributed by atoms with E-state index in [-0.39, 0.29) is 0 Å². The Morgan fingerprint density at radius 2 is 2.29 bits per heavy atom. The number of nitrogens with zero attached hydrogens (tertiary/aromatic N) is 3. The van der Waals surface area contributed by atoms with E-state index >= 15 is 0 Å². The predicted molar refractivity (Wildman–Crippen MR) is 62.7 cm³/mol. The normalized spacial score (nSPS) is 10.0. The van der Waals surface area contributed by atoms with E-state index < -0.39 is 0 Å². The van der Waals surface area contributed by atoms with Crippen LogP contribution >= 0.6 is 0 Å². The van der Waals surface area contributed by atoms with Crippen molar-refractivity contribution in [2.45, 2.75) is 0 Å². The third-order valence-electron chi connectivity index (χ3n) is 2.43. The van der Waals surface area contributed by atoms with E-state index in [9.17, 15) is 4.79 Å². The largest absolute Gasteiger partial charge is 0.495 e. The number of carbonyl (C=O) groups excluding carboxylic acids is 1. The lowest BCUT2D eigenvalue weighted by Crippen LogP contribution is -1.99. The van der Waals surface area contributed by atoms with Crippen molar-refractivity contribution < 1.29 is 9.53 Å².